The third-order valence-corrected chi connectivity index (χ3v) is 25.8. The third kappa shape index (κ3) is 5.08. The first-order valence-electron chi connectivity index (χ1n) is 14.3. The normalized spacial score (nSPS) is 12.3. The van der Waals surface area contributed by atoms with Crippen LogP contribution in [-0.4, -0.2) is 0 Å². The predicted octanol–water partition coefficient (Wildman–Crippen LogP) is 8.38. The number of benzene rings is 6. The van der Waals surface area contributed by atoms with Crippen LogP contribution < -0.4 is 41.4 Å². The Morgan fingerprint density at radius 3 is 0.651 bits per heavy atom. The van der Waals surface area contributed by atoms with Gasteiger partial charge >= 0.3 is 0 Å². The second-order valence-corrected chi connectivity index (χ2v) is 22.7. The summed E-state index contributed by atoms with van der Waals surface area (Å²) < 4.78 is 3.25. The molecule has 7 rings (SSSR count). The minimum atomic E-state index is -2.10. The van der Waals surface area contributed by atoms with E-state index in [9.17, 15) is 0 Å². The molecule has 0 amide bonds. The van der Waals surface area contributed by atoms with Gasteiger partial charge in [0, 0.05) is 9.54 Å². The van der Waals surface area contributed by atoms with Gasteiger partial charge in [-0.15, -0.1) is 8.19 Å². The van der Waals surface area contributed by atoms with Gasteiger partial charge in [-0.05, 0) is 72.8 Å². The van der Waals surface area contributed by atoms with Crippen molar-refractivity contribution in [2.45, 2.75) is 0 Å². The van der Waals surface area contributed by atoms with Gasteiger partial charge < -0.3 is 0 Å². The van der Waals surface area contributed by atoms with Gasteiger partial charge in [-0.25, -0.2) is 15.7 Å². The summed E-state index contributed by atoms with van der Waals surface area (Å²) >= 11 is 0. The lowest BCUT2D eigenvalue weighted by atomic mass is 10.4. The second kappa shape index (κ2) is 12.8. The Balaban J connectivity index is 1.58. The molecule has 0 aliphatic rings. The summed E-state index contributed by atoms with van der Waals surface area (Å²) in [4.78, 5) is 0. The molecule has 0 atom stereocenters. The van der Waals surface area contributed by atoms with Gasteiger partial charge in [-0.3, -0.25) is 0 Å². The molecule has 0 N–H and O–H groups in total. The Hall–Kier alpha value is -3.18. The molecule has 5 heteroatoms. The minimum absolute atomic E-state index is 1.38. The zero-order valence-corrected chi connectivity index (χ0v) is 28.0. The molecule has 0 aliphatic heterocycles. The molecule has 1 heterocycles. The number of hydrogen-bond donors (Lipinski definition) is 0. The van der Waals surface area contributed by atoms with E-state index in [0.29, 0.717) is 0 Å². The summed E-state index contributed by atoms with van der Waals surface area (Å²) in [5.41, 5.74) is 0. The minimum Gasteiger partial charge on any atom is -0.226 e. The fourth-order valence-electron chi connectivity index (χ4n) is 6.00. The van der Waals surface area contributed by atoms with Crippen LogP contribution in [-0.2, 0) is 0 Å². The van der Waals surface area contributed by atoms with Crippen LogP contribution in [0.25, 0.3) is 0 Å². The van der Waals surface area contributed by atoms with E-state index in [4.69, 9.17) is 0 Å². The van der Waals surface area contributed by atoms with Crippen molar-refractivity contribution >= 4 is 79.8 Å². The summed E-state index contributed by atoms with van der Waals surface area (Å²) in [7, 11) is -0.0210. The predicted molar refractivity (Wildman–Crippen MR) is 199 cm³/mol. The maximum Gasteiger partial charge on any atom is 0.127 e. The van der Waals surface area contributed by atoms with E-state index in [1.54, 1.807) is 9.54 Å². The highest BCUT2D eigenvalue weighted by molar-refractivity contribution is 8.24. The Bertz CT molecular complexity index is 1560. The second-order valence-electron chi connectivity index (χ2n) is 10.3. The maximum absolute atomic E-state index is 2.37. The van der Waals surface area contributed by atoms with Crippen molar-refractivity contribution < 1.29 is 0 Å². The van der Waals surface area contributed by atoms with E-state index in [0.717, 1.165) is 0 Å². The molecule has 206 valence electrons. The number of rotatable bonds is 8. The van der Waals surface area contributed by atoms with E-state index in [1.807, 2.05) is 0 Å². The molecule has 0 spiro atoms. The summed E-state index contributed by atoms with van der Waals surface area (Å²) in [5.74, 6) is 0. The topological polar surface area (TPSA) is 0 Å². The van der Waals surface area contributed by atoms with Crippen LogP contribution in [0, 0.1) is 0 Å². The summed E-state index contributed by atoms with van der Waals surface area (Å²) in [6.45, 7) is 0. The molecular weight excluding hydrogens is 611 g/mol. The molecule has 0 unspecified atom stereocenters. The van der Waals surface area contributed by atoms with E-state index in [-0.39, 0.29) is 0 Å². The first-order valence-corrected chi connectivity index (χ1v) is 21.3. The first-order chi connectivity index (χ1) is 21.3. The number of hydrogen-bond acceptors (Lipinski definition) is 0. The molecule has 0 saturated heterocycles. The molecule has 0 bridgehead atoms. The highest BCUT2D eigenvalue weighted by atomic mass is 31.8. The van der Waals surface area contributed by atoms with Crippen LogP contribution in [0.5, 0.6) is 0 Å². The van der Waals surface area contributed by atoms with Crippen LogP contribution >= 0.6 is 38.5 Å². The molecule has 7 aromatic rings. The van der Waals surface area contributed by atoms with Gasteiger partial charge in [0.05, 0.1) is 0 Å². The van der Waals surface area contributed by atoms with Crippen LogP contribution in [0.15, 0.2) is 182 Å². The molecule has 0 nitrogen and oxygen atoms in total. The molecule has 43 heavy (non-hydrogen) atoms. The van der Waals surface area contributed by atoms with Crippen LogP contribution in [0.4, 0.5) is 0 Å². The van der Waals surface area contributed by atoms with E-state index in [2.05, 4.69) is 182 Å². The Kier molecular flexibility index (Phi) is 8.52. The van der Waals surface area contributed by atoms with Gasteiger partial charge in [0.1, 0.15) is 46.4 Å². The van der Waals surface area contributed by atoms with Gasteiger partial charge in [0.15, 0.2) is 0 Å². The first kappa shape index (κ1) is 28.6. The molecule has 0 radical (unpaired) electrons. The highest BCUT2D eigenvalue weighted by Gasteiger charge is 2.50. The average molecular weight is 642 g/mol. The summed E-state index contributed by atoms with van der Waals surface area (Å²) in [6, 6.07) is 68.0. The van der Waals surface area contributed by atoms with Gasteiger partial charge in [-0.2, -0.15) is 0 Å². The smallest absolute Gasteiger partial charge is 0.127 e. The van der Waals surface area contributed by atoms with Crippen molar-refractivity contribution in [2.75, 3.05) is 0 Å². The molecular formula is C38H30P5+. The van der Waals surface area contributed by atoms with Crippen LogP contribution in [0.1, 0.15) is 0 Å². The summed E-state index contributed by atoms with van der Waals surface area (Å²) in [6.07, 6.45) is 0. The van der Waals surface area contributed by atoms with Crippen molar-refractivity contribution in [3.8, 4) is 0 Å². The molecule has 0 aliphatic carbocycles. The SMILES string of the molecule is c1ccc([P+](c2ccccc2)(c2ccccc2)c2ppc([P+](c3ccccc3)(c3ccccc3)c3ccccc3)[p-]2)cc1. The zero-order valence-electron chi connectivity index (χ0n) is 23.6. The van der Waals surface area contributed by atoms with E-state index in [1.165, 1.54) is 55.8 Å². The van der Waals surface area contributed by atoms with Crippen molar-refractivity contribution in [2.24, 2.45) is 0 Å². The van der Waals surface area contributed by atoms with Crippen molar-refractivity contribution in [3.63, 3.8) is 0 Å². The van der Waals surface area contributed by atoms with E-state index >= 15 is 0 Å². The largest absolute Gasteiger partial charge is 0.226 e. The van der Waals surface area contributed by atoms with Crippen molar-refractivity contribution in [3.05, 3.63) is 182 Å². The van der Waals surface area contributed by atoms with E-state index < -0.39 is 14.5 Å². The molecule has 0 fully saturated rings. The summed E-state index contributed by atoms with van der Waals surface area (Å²) in [5, 5.41) is 8.59. The Morgan fingerprint density at radius 2 is 0.465 bits per heavy atom. The Morgan fingerprint density at radius 1 is 0.279 bits per heavy atom. The van der Waals surface area contributed by atoms with Crippen molar-refractivity contribution in [1.82, 2.24) is 0 Å². The van der Waals surface area contributed by atoms with Gasteiger partial charge in [-0.1, -0.05) is 109 Å². The fraction of sp³-hybridized carbons (Fsp3) is 0. The lowest BCUT2D eigenvalue weighted by molar-refractivity contribution is 1.73. The molecule has 1 aromatic heterocycles. The monoisotopic (exact) mass is 641 g/mol. The third-order valence-electron chi connectivity index (χ3n) is 7.89. The van der Waals surface area contributed by atoms with Gasteiger partial charge in [0.25, 0.3) is 0 Å². The highest BCUT2D eigenvalue weighted by Crippen LogP contribution is 2.64. The lowest BCUT2D eigenvalue weighted by Gasteiger charge is -2.30. The zero-order chi connectivity index (χ0) is 29.0. The molecule has 6 aromatic carbocycles. The van der Waals surface area contributed by atoms with Crippen molar-refractivity contribution in [1.29, 1.82) is 0 Å². The standard InChI is InChI=1S/C38H30P5/c1-7-19-31(20-8-1)42(32-21-9-2-10-22-32,33-23-11-3-12-24-33)37-39-38(41-40-37)43(34-25-13-4-14-26-34,35-27-15-5-16-28-35)36-29-17-6-18-30-36/h1-30H/q+1. The molecule has 0 saturated carbocycles. The van der Waals surface area contributed by atoms with Crippen LogP contribution in [0.3, 0.4) is 0 Å². The van der Waals surface area contributed by atoms with Crippen LogP contribution in [0.2, 0.25) is 0 Å². The fourth-order valence-corrected chi connectivity index (χ4v) is 27.6. The quantitative estimate of drug-likeness (QED) is 0.146. The van der Waals surface area contributed by atoms with Gasteiger partial charge in [0.2, 0.25) is 0 Å². The lowest BCUT2D eigenvalue weighted by Crippen LogP contribution is -2.38. The maximum atomic E-state index is 2.37. The average Bonchev–Trinajstić information content (AvgIpc) is 3.59. The Labute approximate surface area is 260 Å².